The summed E-state index contributed by atoms with van der Waals surface area (Å²) in [6, 6.07) is 7.73. The van der Waals surface area contributed by atoms with Gasteiger partial charge in [-0.2, -0.15) is 0 Å². The van der Waals surface area contributed by atoms with E-state index in [4.69, 9.17) is 9.47 Å². The third-order valence-corrected chi connectivity index (χ3v) is 2.83. The third kappa shape index (κ3) is 6.48. The highest BCUT2D eigenvalue weighted by Crippen LogP contribution is 2.22. The second kappa shape index (κ2) is 7.39. The number of nitrogens with one attached hydrogen (secondary N) is 1. The van der Waals surface area contributed by atoms with Crippen molar-refractivity contribution in [3.63, 3.8) is 0 Å². The molecule has 0 saturated heterocycles. The molecule has 19 heavy (non-hydrogen) atoms. The number of rotatable bonds is 8. The normalized spacial score (nSPS) is 11.7. The zero-order valence-corrected chi connectivity index (χ0v) is 12.8. The minimum Gasteiger partial charge on any atom is -0.497 e. The van der Waals surface area contributed by atoms with Crippen LogP contribution in [0.2, 0.25) is 0 Å². The summed E-state index contributed by atoms with van der Waals surface area (Å²) in [5, 5.41) is 3.48. The van der Waals surface area contributed by atoms with Gasteiger partial charge >= 0.3 is 0 Å². The van der Waals surface area contributed by atoms with Crippen LogP contribution in [0, 0.1) is 11.3 Å². The van der Waals surface area contributed by atoms with Gasteiger partial charge in [-0.3, -0.25) is 0 Å². The fraction of sp³-hybridized carbons (Fsp3) is 0.625. The van der Waals surface area contributed by atoms with E-state index in [-0.39, 0.29) is 5.41 Å². The standard InChI is InChI=1S/C16H27NO2/c1-13(2)10-17-11-16(3,4)12-19-15-8-6-7-14(9-15)18-5/h6-9,13,17H,10-12H2,1-5H3. The SMILES string of the molecule is COc1cccc(OCC(C)(C)CNCC(C)C)c1. The van der Waals surface area contributed by atoms with E-state index in [0.717, 1.165) is 24.6 Å². The van der Waals surface area contributed by atoms with Crippen LogP contribution in [0.25, 0.3) is 0 Å². The van der Waals surface area contributed by atoms with Gasteiger partial charge in [0, 0.05) is 18.0 Å². The molecular weight excluding hydrogens is 238 g/mol. The highest BCUT2D eigenvalue weighted by molar-refractivity contribution is 5.32. The monoisotopic (exact) mass is 265 g/mol. The Balaban J connectivity index is 2.40. The molecule has 3 heteroatoms. The quantitative estimate of drug-likeness (QED) is 0.782. The van der Waals surface area contributed by atoms with Crippen LogP contribution in [-0.4, -0.2) is 26.8 Å². The Labute approximate surface area is 117 Å². The van der Waals surface area contributed by atoms with E-state index < -0.39 is 0 Å². The molecule has 3 nitrogen and oxygen atoms in total. The lowest BCUT2D eigenvalue weighted by molar-refractivity contribution is 0.175. The first-order chi connectivity index (χ1) is 8.93. The summed E-state index contributed by atoms with van der Waals surface area (Å²) in [6.07, 6.45) is 0. The zero-order valence-electron chi connectivity index (χ0n) is 12.8. The number of hydrogen-bond acceptors (Lipinski definition) is 3. The van der Waals surface area contributed by atoms with Crippen LogP contribution in [-0.2, 0) is 0 Å². The summed E-state index contributed by atoms with van der Waals surface area (Å²) in [4.78, 5) is 0. The van der Waals surface area contributed by atoms with E-state index in [0.29, 0.717) is 12.5 Å². The molecule has 0 radical (unpaired) electrons. The van der Waals surface area contributed by atoms with E-state index in [9.17, 15) is 0 Å². The number of methoxy groups -OCH3 is 1. The second-order valence-electron chi connectivity index (χ2n) is 6.16. The van der Waals surface area contributed by atoms with Crippen molar-refractivity contribution in [2.75, 3.05) is 26.8 Å². The molecule has 0 saturated carbocycles. The molecule has 0 aliphatic carbocycles. The van der Waals surface area contributed by atoms with Gasteiger partial charge in [0.05, 0.1) is 13.7 Å². The minimum atomic E-state index is 0.109. The van der Waals surface area contributed by atoms with E-state index in [2.05, 4.69) is 33.0 Å². The lowest BCUT2D eigenvalue weighted by atomic mass is 9.94. The molecule has 0 spiro atoms. The van der Waals surface area contributed by atoms with Crippen molar-refractivity contribution >= 4 is 0 Å². The summed E-state index contributed by atoms with van der Waals surface area (Å²) in [7, 11) is 1.67. The Morgan fingerprint density at radius 3 is 2.53 bits per heavy atom. The Kier molecular flexibility index (Phi) is 6.16. The van der Waals surface area contributed by atoms with Crippen LogP contribution in [0.15, 0.2) is 24.3 Å². The van der Waals surface area contributed by atoms with Crippen molar-refractivity contribution in [1.82, 2.24) is 5.32 Å². The molecule has 0 aliphatic heterocycles. The lowest BCUT2D eigenvalue weighted by Crippen LogP contribution is -2.35. The van der Waals surface area contributed by atoms with Gasteiger partial charge in [-0.1, -0.05) is 33.8 Å². The highest BCUT2D eigenvalue weighted by Gasteiger charge is 2.18. The van der Waals surface area contributed by atoms with Crippen molar-refractivity contribution in [3.8, 4) is 11.5 Å². The maximum atomic E-state index is 5.85. The largest absolute Gasteiger partial charge is 0.497 e. The van der Waals surface area contributed by atoms with Crippen LogP contribution in [0.3, 0.4) is 0 Å². The van der Waals surface area contributed by atoms with Gasteiger partial charge in [0.25, 0.3) is 0 Å². The molecular formula is C16H27NO2. The van der Waals surface area contributed by atoms with E-state index in [1.807, 2.05) is 24.3 Å². The molecule has 1 aromatic carbocycles. The first-order valence-corrected chi connectivity index (χ1v) is 6.90. The van der Waals surface area contributed by atoms with Crippen LogP contribution >= 0.6 is 0 Å². The molecule has 108 valence electrons. The van der Waals surface area contributed by atoms with E-state index >= 15 is 0 Å². The van der Waals surface area contributed by atoms with Crippen molar-refractivity contribution in [2.24, 2.45) is 11.3 Å². The van der Waals surface area contributed by atoms with Crippen molar-refractivity contribution in [2.45, 2.75) is 27.7 Å². The fourth-order valence-electron chi connectivity index (χ4n) is 1.72. The molecule has 0 unspecified atom stereocenters. The summed E-state index contributed by atoms with van der Waals surface area (Å²) in [6.45, 7) is 11.5. The molecule has 0 fully saturated rings. The van der Waals surface area contributed by atoms with Gasteiger partial charge < -0.3 is 14.8 Å². The van der Waals surface area contributed by atoms with Crippen molar-refractivity contribution in [1.29, 1.82) is 0 Å². The maximum Gasteiger partial charge on any atom is 0.123 e. The van der Waals surface area contributed by atoms with Gasteiger partial charge in [-0.25, -0.2) is 0 Å². The molecule has 1 aromatic rings. The molecule has 0 amide bonds. The Morgan fingerprint density at radius 2 is 1.89 bits per heavy atom. The first-order valence-electron chi connectivity index (χ1n) is 6.90. The van der Waals surface area contributed by atoms with Crippen LogP contribution in [0.4, 0.5) is 0 Å². The summed E-state index contributed by atoms with van der Waals surface area (Å²) in [5.41, 5.74) is 0.109. The Bertz CT molecular complexity index is 375. The van der Waals surface area contributed by atoms with Crippen LogP contribution < -0.4 is 14.8 Å². The predicted octanol–water partition coefficient (Wildman–Crippen LogP) is 3.35. The summed E-state index contributed by atoms with van der Waals surface area (Å²) < 4.78 is 11.0. The summed E-state index contributed by atoms with van der Waals surface area (Å²) >= 11 is 0. The maximum absolute atomic E-state index is 5.85. The van der Waals surface area contributed by atoms with E-state index in [1.54, 1.807) is 7.11 Å². The van der Waals surface area contributed by atoms with Gasteiger partial charge in [-0.05, 0) is 24.6 Å². The molecule has 0 atom stereocenters. The predicted molar refractivity (Wildman–Crippen MR) is 80.0 cm³/mol. The summed E-state index contributed by atoms with van der Waals surface area (Å²) in [5.74, 6) is 2.36. The number of hydrogen-bond donors (Lipinski definition) is 1. The zero-order chi connectivity index (χ0) is 14.3. The third-order valence-electron chi connectivity index (χ3n) is 2.83. The minimum absolute atomic E-state index is 0.109. The fourth-order valence-corrected chi connectivity index (χ4v) is 1.72. The van der Waals surface area contributed by atoms with Crippen LogP contribution in [0.5, 0.6) is 11.5 Å². The molecule has 0 bridgehead atoms. The lowest BCUT2D eigenvalue weighted by Gasteiger charge is -2.25. The van der Waals surface area contributed by atoms with E-state index in [1.165, 1.54) is 0 Å². The average molecular weight is 265 g/mol. The molecule has 0 aliphatic rings. The second-order valence-corrected chi connectivity index (χ2v) is 6.16. The Morgan fingerprint density at radius 1 is 1.21 bits per heavy atom. The molecule has 0 heterocycles. The van der Waals surface area contributed by atoms with Gasteiger partial charge in [-0.15, -0.1) is 0 Å². The smallest absolute Gasteiger partial charge is 0.123 e. The molecule has 1 rings (SSSR count). The number of benzene rings is 1. The highest BCUT2D eigenvalue weighted by atomic mass is 16.5. The first kappa shape index (κ1) is 15.8. The van der Waals surface area contributed by atoms with Crippen LogP contribution in [0.1, 0.15) is 27.7 Å². The van der Waals surface area contributed by atoms with Crippen molar-refractivity contribution < 1.29 is 9.47 Å². The van der Waals surface area contributed by atoms with Gasteiger partial charge in [0.2, 0.25) is 0 Å². The van der Waals surface area contributed by atoms with Gasteiger partial charge in [0.15, 0.2) is 0 Å². The van der Waals surface area contributed by atoms with Gasteiger partial charge in [0.1, 0.15) is 11.5 Å². The average Bonchev–Trinajstić information content (AvgIpc) is 2.36. The molecule has 1 N–H and O–H groups in total. The van der Waals surface area contributed by atoms with Crippen molar-refractivity contribution in [3.05, 3.63) is 24.3 Å². The Hall–Kier alpha value is -1.22. The number of ether oxygens (including phenoxy) is 2. The topological polar surface area (TPSA) is 30.5 Å². The molecule has 0 aromatic heterocycles.